The number of benzene rings is 3. The van der Waals surface area contributed by atoms with Crippen molar-refractivity contribution < 1.29 is 32.3 Å². The number of alkyl halides is 3. The van der Waals surface area contributed by atoms with Crippen LogP contribution in [-0.4, -0.2) is 34.6 Å². The van der Waals surface area contributed by atoms with Gasteiger partial charge in [-0.3, -0.25) is 19.2 Å². The summed E-state index contributed by atoms with van der Waals surface area (Å²) in [6, 6.07) is 15.2. The molecule has 0 radical (unpaired) electrons. The Bertz CT molecular complexity index is 1860. The highest BCUT2D eigenvalue weighted by molar-refractivity contribution is 8.00. The number of aromatic nitrogens is 1. The minimum Gasteiger partial charge on any atom is -0.483 e. The Morgan fingerprint density at radius 1 is 0.977 bits per heavy atom. The molecule has 2 N–H and O–H groups in total. The first kappa shape index (κ1) is 30.3. The SMILES string of the molecule is O=C(COc1ccc(Cl)cc1[C@H]1c2sc(=O)[nH]c2SC2C(=O)N(c3ccc(Cl)cc3)C(=O)C21)Nc1ccccc1C(F)(F)F. The molecule has 2 unspecified atom stereocenters. The molecule has 1 saturated heterocycles. The quantitative estimate of drug-likeness (QED) is 0.223. The minimum atomic E-state index is -4.69. The Labute approximate surface area is 265 Å². The van der Waals surface area contributed by atoms with E-state index in [0.717, 1.165) is 40.1 Å². The molecule has 3 atom stereocenters. The third kappa shape index (κ3) is 5.60. The maximum Gasteiger partial charge on any atom is 0.418 e. The largest absolute Gasteiger partial charge is 0.483 e. The lowest BCUT2D eigenvalue weighted by Gasteiger charge is -2.31. The van der Waals surface area contributed by atoms with Gasteiger partial charge >= 0.3 is 11.0 Å². The Hall–Kier alpha value is -3.78. The molecular weight excluding hydrogens is 662 g/mol. The summed E-state index contributed by atoms with van der Waals surface area (Å²) in [5.74, 6) is -3.62. The summed E-state index contributed by atoms with van der Waals surface area (Å²) in [4.78, 5) is 56.7. The molecule has 226 valence electrons. The first-order chi connectivity index (χ1) is 20.9. The average Bonchev–Trinajstić information content (AvgIpc) is 3.46. The van der Waals surface area contributed by atoms with Gasteiger partial charge in [0.2, 0.25) is 11.8 Å². The number of carbonyl (C=O) groups excluding carboxylic acids is 3. The lowest BCUT2D eigenvalue weighted by molar-refractivity contribution is -0.137. The number of halogens is 5. The Morgan fingerprint density at radius 2 is 1.68 bits per heavy atom. The van der Waals surface area contributed by atoms with Crippen molar-refractivity contribution in [1.82, 2.24) is 4.98 Å². The Balaban J connectivity index is 1.34. The van der Waals surface area contributed by atoms with Gasteiger partial charge in [-0.1, -0.05) is 58.4 Å². The predicted octanol–water partition coefficient (Wildman–Crippen LogP) is 6.58. The molecule has 44 heavy (non-hydrogen) atoms. The van der Waals surface area contributed by atoms with Crippen LogP contribution < -0.4 is 19.8 Å². The van der Waals surface area contributed by atoms with Crippen LogP contribution in [0, 0.1) is 5.92 Å². The minimum absolute atomic E-state index is 0.0984. The number of fused-ring (bicyclic) bond motifs is 2. The highest BCUT2D eigenvalue weighted by Crippen LogP contribution is 2.54. The molecule has 3 amide bonds. The molecule has 6 rings (SSSR count). The molecule has 1 fully saturated rings. The normalized spacial score (nSPS) is 19.5. The zero-order valence-electron chi connectivity index (χ0n) is 22.0. The number of amides is 3. The van der Waals surface area contributed by atoms with Gasteiger partial charge < -0.3 is 15.0 Å². The number of thioether (sulfide) groups is 1. The van der Waals surface area contributed by atoms with Crippen LogP contribution in [0.4, 0.5) is 24.5 Å². The van der Waals surface area contributed by atoms with Crippen molar-refractivity contribution in [2.45, 2.75) is 22.4 Å². The third-order valence-corrected chi connectivity index (χ3v) is 9.97. The van der Waals surface area contributed by atoms with E-state index >= 15 is 0 Å². The van der Waals surface area contributed by atoms with Crippen LogP contribution in [0.15, 0.2) is 76.6 Å². The summed E-state index contributed by atoms with van der Waals surface area (Å²) in [7, 11) is 0. The number of nitrogens with zero attached hydrogens (tertiary/aromatic N) is 1. The van der Waals surface area contributed by atoms with Crippen LogP contribution >= 0.6 is 46.3 Å². The van der Waals surface area contributed by atoms with E-state index in [1.165, 1.54) is 30.3 Å². The van der Waals surface area contributed by atoms with E-state index in [-0.39, 0.29) is 10.8 Å². The van der Waals surface area contributed by atoms with Gasteiger partial charge in [0.1, 0.15) is 11.0 Å². The number of hydrogen-bond donors (Lipinski definition) is 2. The number of thiazole rings is 1. The van der Waals surface area contributed by atoms with Gasteiger partial charge in [-0.05, 0) is 54.6 Å². The van der Waals surface area contributed by atoms with Crippen molar-refractivity contribution in [2.75, 3.05) is 16.8 Å². The lowest BCUT2D eigenvalue weighted by atomic mass is 9.82. The second kappa shape index (κ2) is 11.6. The van der Waals surface area contributed by atoms with Crippen molar-refractivity contribution in [3.8, 4) is 5.75 Å². The number of anilines is 2. The molecule has 8 nitrogen and oxygen atoms in total. The monoisotopic (exact) mass is 679 g/mol. The zero-order chi connectivity index (χ0) is 31.3. The highest BCUT2D eigenvalue weighted by Gasteiger charge is 2.57. The molecule has 4 aromatic rings. The topological polar surface area (TPSA) is 109 Å². The van der Waals surface area contributed by atoms with Crippen LogP contribution in [-0.2, 0) is 20.6 Å². The molecule has 0 saturated carbocycles. The molecule has 3 aromatic carbocycles. The number of hydrogen-bond acceptors (Lipinski definition) is 7. The first-order valence-electron chi connectivity index (χ1n) is 12.8. The predicted molar refractivity (Wildman–Crippen MR) is 161 cm³/mol. The molecule has 0 aliphatic carbocycles. The number of aromatic amines is 1. The smallest absolute Gasteiger partial charge is 0.418 e. The molecule has 2 aliphatic heterocycles. The summed E-state index contributed by atoms with van der Waals surface area (Å²) in [5, 5.41) is 2.40. The van der Waals surface area contributed by atoms with E-state index in [1.54, 1.807) is 24.3 Å². The fourth-order valence-electron chi connectivity index (χ4n) is 5.26. The van der Waals surface area contributed by atoms with Crippen LogP contribution in [0.1, 0.15) is 21.9 Å². The van der Waals surface area contributed by atoms with E-state index in [1.807, 2.05) is 0 Å². The van der Waals surface area contributed by atoms with Gasteiger partial charge in [0.15, 0.2) is 6.61 Å². The van der Waals surface area contributed by atoms with Gasteiger partial charge in [-0.2, -0.15) is 13.2 Å². The summed E-state index contributed by atoms with van der Waals surface area (Å²) >= 11 is 14.3. The zero-order valence-corrected chi connectivity index (χ0v) is 25.1. The second-order valence-electron chi connectivity index (χ2n) is 9.80. The number of rotatable bonds is 6. The van der Waals surface area contributed by atoms with Gasteiger partial charge in [0.25, 0.3) is 5.91 Å². The molecule has 3 heterocycles. The van der Waals surface area contributed by atoms with Gasteiger partial charge in [-0.15, -0.1) is 0 Å². The van der Waals surface area contributed by atoms with E-state index in [2.05, 4.69) is 10.3 Å². The van der Waals surface area contributed by atoms with Gasteiger partial charge in [0, 0.05) is 26.4 Å². The Morgan fingerprint density at radius 3 is 2.41 bits per heavy atom. The van der Waals surface area contributed by atoms with Crippen LogP contribution in [0.5, 0.6) is 5.75 Å². The summed E-state index contributed by atoms with van der Waals surface area (Å²) < 4.78 is 46.0. The van der Waals surface area contributed by atoms with Crippen molar-refractivity contribution >= 4 is 75.4 Å². The second-order valence-corrected chi connectivity index (χ2v) is 12.8. The van der Waals surface area contributed by atoms with Gasteiger partial charge in [-0.25, -0.2) is 4.90 Å². The van der Waals surface area contributed by atoms with E-state index in [4.69, 9.17) is 27.9 Å². The fourth-order valence-corrected chi connectivity index (χ4v) is 8.07. The number of para-hydroxylation sites is 1. The molecule has 0 bridgehead atoms. The van der Waals surface area contributed by atoms with E-state index in [9.17, 15) is 32.3 Å². The van der Waals surface area contributed by atoms with Crippen molar-refractivity contribution in [2.24, 2.45) is 5.92 Å². The molecule has 0 spiro atoms. The van der Waals surface area contributed by atoms with Crippen LogP contribution in [0.25, 0.3) is 0 Å². The first-order valence-corrected chi connectivity index (χ1v) is 15.3. The number of ether oxygens (including phenoxy) is 1. The summed E-state index contributed by atoms with van der Waals surface area (Å²) in [6.07, 6.45) is -4.69. The maximum absolute atomic E-state index is 14.0. The highest BCUT2D eigenvalue weighted by atomic mass is 35.5. The molecule has 15 heteroatoms. The van der Waals surface area contributed by atoms with Crippen molar-refractivity contribution in [3.63, 3.8) is 0 Å². The number of H-pyrrole nitrogens is 1. The van der Waals surface area contributed by atoms with Gasteiger partial charge in [0.05, 0.1) is 27.9 Å². The van der Waals surface area contributed by atoms with Crippen molar-refractivity contribution in [1.29, 1.82) is 0 Å². The number of imide groups is 1. The number of carbonyl (C=O) groups is 3. The average molecular weight is 681 g/mol. The number of nitrogens with one attached hydrogen (secondary N) is 2. The summed E-state index contributed by atoms with van der Waals surface area (Å²) in [6.45, 7) is -0.684. The standard InChI is InChI=1S/C29H18Cl2F3N3O5S2/c30-13-5-8-15(9-6-13)37-26(39)22-21(23-25(36-28(41)44-23)43-24(22)27(37)40)16-11-14(31)7-10-19(16)42-12-20(38)35-18-4-2-1-3-17(18)29(32,33)34/h1-11,21-22,24H,12H2,(H,35,38)(H,36,41)/t21-,22?,24?/m1/s1. The maximum atomic E-state index is 14.0. The van der Waals surface area contributed by atoms with Crippen molar-refractivity contribution in [3.05, 3.63) is 102 Å². The molecule has 1 aromatic heterocycles. The Kier molecular flexibility index (Phi) is 7.99. The molecular formula is C29H18Cl2F3N3O5S2. The van der Waals surface area contributed by atoms with E-state index < -0.39 is 63.7 Å². The fraction of sp³-hybridized carbons (Fsp3) is 0.172. The van der Waals surface area contributed by atoms with Crippen LogP contribution in [0.2, 0.25) is 10.0 Å². The summed E-state index contributed by atoms with van der Waals surface area (Å²) in [5.41, 5.74) is -0.799. The van der Waals surface area contributed by atoms with E-state index in [0.29, 0.717) is 26.2 Å². The molecule has 2 aliphatic rings. The van der Waals surface area contributed by atoms with Crippen LogP contribution in [0.3, 0.4) is 0 Å². The lowest BCUT2D eigenvalue weighted by Crippen LogP contribution is -2.32. The third-order valence-electron chi connectivity index (χ3n) is 7.08.